The summed E-state index contributed by atoms with van der Waals surface area (Å²) in [7, 11) is 0. The summed E-state index contributed by atoms with van der Waals surface area (Å²) in [5.41, 5.74) is 0.909. The van der Waals surface area contributed by atoms with E-state index in [1.54, 1.807) is 12.1 Å². The fourth-order valence-electron chi connectivity index (χ4n) is 3.30. The topological polar surface area (TPSA) is 115 Å². The van der Waals surface area contributed by atoms with E-state index in [2.05, 4.69) is 0 Å². The first kappa shape index (κ1) is 22.3. The van der Waals surface area contributed by atoms with Crippen molar-refractivity contribution in [3.63, 3.8) is 0 Å². The van der Waals surface area contributed by atoms with Crippen molar-refractivity contribution in [2.24, 2.45) is 0 Å². The van der Waals surface area contributed by atoms with Crippen LogP contribution in [0.2, 0.25) is 0 Å². The third kappa shape index (κ3) is 4.70. The average Bonchev–Trinajstić information content (AvgIpc) is 2.55. The fraction of sp³-hybridized carbons (Fsp3) is 0.391. The summed E-state index contributed by atoms with van der Waals surface area (Å²) < 4.78 is 0. The van der Waals surface area contributed by atoms with E-state index in [4.69, 9.17) is 0 Å². The van der Waals surface area contributed by atoms with Crippen LogP contribution in [0.25, 0.3) is 0 Å². The predicted molar refractivity (Wildman–Crippen MR) is 110 cm³/mol. The lowest BCUT2D eigenvalue weighted by Gasteiger charge is -2.24. The molecule has 0 bridgehead atoms. The summed E-state index contributed by atoms with van der Waals surface area (Å²) in [6.45, 7) is 11.2. The first-order valence-corrected chi connectivity index (χ1v) is 9.32. The molecule has 6 nitrogen and oxygen atoms in total. The van der Waals surface area contributed by atoms with Gasteiger partial charge in [-0.1, -0.05) is 53.7 Å². The number of carbonyl (C=O) groups is 2. The first-order valence-electron chi connectivity index (χ1n) is 9.32. The number of aromatic hydroxyl groups is 2. The number of phenols is 2. The van der Waals surface area contributed by atoms with Crippen LogP contribution in [-0.4, -0.2) is 32.4 Å². The minimum absolute atomic E-state index is 0.194. The van der Waals surface area contributed by atoms with E-state index in [9.17, 15) is 30.0 Å². The second-order valence-electron chi connectivity index (χ2n) is 9.37. The van der Waals surface area contributed by atoms with E-state index in [1.165, 1.54) is 12.1 Å². The van der Waals surface area contributed by atoms with Gasteiger partial charge >= 0.3 is 11.9 Å². The lowest BCUT2D eigenvalue weighted by Crippen LogP contribution is -2.15. The van der Waals surface area contributed by atoms with Gasteiger partial charge in [-0.3, -0.25) is 0 Å². The number of aromatic carboxylic acids is 2. The Kier molecular flexibility index (Phi) is 5.70. The third-order valence-electron chi connectivity index (χ3n) is 4.82. The van der Waals surface area contributed by atoms with Crippen LogP contribution in [-0.2, 0) is 17.3 Å². The number of rotatable bonds is 4. The molecule has 156 valence electrons. The van der Waals surface area contributed by atoms with Crippen LogP contribution in [0.15, 0.2) is 24.3 Å². The van der Waals surface area contributed by atoms with Crippen molar-refractivity contribution in [2.45, 2.75) is 58.8 Å². The Labute approximate surface area is 170 Å². The van der Waals surface area contributed by atoms with Crippen LogP contribution >= 0.6 is 0 Å². The first-order chi connectivity index (χ1) is 13.1. The monoisotopic (exact) mass is 400 g/mol. The van der Waals surface area contributed by atoms with Crippen molar-refractivity contribution < 1.29 is 30.0 Å². The predicted octanol–water partition coefficient (Wildman–Crippen LogP) is 4.68. The summed E-state index contributed by atoms with van der Waals surface area (Å²) >= 11 is 0. The number of hydrogen-bond donors (Lipinski definition) is 4. The molecule has 2 aromatic carbocycles. The van der Waals surface area contributed by atoms with Crippen LogP contribution in [0.1, 0.15) is 84.5 Å². The number of benzene rings is 2. The molecule has 0 aliphatic rings. The van der Waals surface area contributed by atoms with Gasteiger partial charge in [-0.2, -0.15) is 0 Å². The lowest BCUT2D eigenvalue weighted by molar-refractivity contribution is 0.0682. The maximum Gasteiger partial charge on any atom is 0.339 e. The Morgan fingerprint density at radius 3 is 1.24 bits per heavy atom. The molecule has 29 heavy (non-hydrogen) atoms. The molecule has 0 unspecified atom stereocenters. The second-order valence-corrected chi connectivity index (χ2v) is 9.37. The molecule has 0 fully saturated rings. The lowest BCUT2D eigenvalue weighted by atomic mass is 9.81. The highest BCUT2D eigenvalue weighted by Gasteiger charge is 2.26. The Morgan fingerprint density at radius 1 is 0.690 bits per heavy atom. The van der Waals surface area contributed by atoms with Crippen LogP contribution in [0.4, 0.5) is 0 Å². The molecule has 4 N–H and O–H groups in total. The maximum absolute atomic E-state index is 11.6. The van der Waals surface area contributed by atoms with E-state index in [1.807, 2.05) is 41.5 Å². The van der Waals surface area contributed by atoms with Crippen molar-refractivity contribution in [3.05, 3.63) is 57.6 Å². The summed E-state index contributed by atoms with van der Waals surface area (Å²) in [6, 6.07) is 6.28. The standard InChI is InChI=1S/C23H28O6/c1-22(2,3)16-10-12(8-14(18(16)24)20(26)27)7-13-9-15(21(28)29)19(25)17(11-13)23(4,5)6/h8-11,24-25H,7H2,1-6H3,(H,26,27)(H,28,29). The van der Waals surface area contributed by atoms with E-state index < -0.39 is 22.8 Å². The van der Waals surface area contributed by atoms with Gasteiger partial charge in [0.15, 0.2) is 0 Å². The van der Waals surface area contributed by atoms with Gasteiger partial charge in [0.2, 0.25) is 0 Å². The van der Waals surface area contributed by atoms with Crippen molar-refractivity contribution in [1.82, 2.24) is 0 Å². The Bertz CT molecular complexity index is 895. The molecule has 0 aromatic heterocycles. The normalized spacial score (nSPS) is 12.1. The van der Waals surface area contributed by atoms with Gasteiger partial charge in [-0.25, -0.2) is 9.59 Å². The van der Waals surface area contributed by atoms with Gasteiger partial charge in [0.1, 0.15) is 22.6 Å². The van der Waals surface area contributed by atoms with Crippen molar-refractivity contribution in [2.75, 3.05) is 0 Å². The van der Waals surface area contributed by atoms with E-state index >= 15 is 0 Å². The number of carboxylic acid groups (broad SMARTS) is 2. The zero-order valence-corrected chi connectivity index (χ0v) is 17.6. The van der Waals surface area contributed by atoms with E-state index in [0.29, 0.717) is 22.3 Å². The minimum atomic E-state index is -1.23. The average molecular weight is 400 g/mol. The maximum atomic E-state index is 11.6. The minimum Gasteiger partial charge on any atom is -0.507 e. The molecular weight excluding hydrogens is 372 g/mol. The van der Waals surface area contributed by atoms with Crippen LogP contribution in [0.5, 0.6) is 11.5 Å². The highest BCUT2D eigenvalue weighted by atomic mass is 16.4. The van der Waals surface area contributed by atoms with Gasteiger partial charge in [-0.05, 0) is 40.5 Å². The van der Waals surface area contributed by atoms with Gasteiger partial charge in [0.05, 0.1) is 0 Å². The van der Waals surface area contributed by atoms with Gasteiger partial charge in [0.25, 0.3) is 0 Å². The Balaban J connectivity index is 2.68. The largest absolute Gasteiger partial charge is 0.507 e. The van der Waals surface area contributed by atoms with E-state index in [0.717, 1.165) is 0 Å². The highest BCUT2D eigenvalue weighted by molar-refractivity contribution is 5.92. The molecule has 0 amide bonds. The summed E-state index contributed by atoms with van der Waals surface area (Å²) in [6.07, 6.45) is 0.257. The zero-order chi connectivity index (χ0) is 22.3. The second kappa shape index (κ2) is 7.43. The van der Waals surface area contributed by atoms with Crippen molar-refractivity contribution in [1.29, 1.82) is 0 Å². The number of carboxylic acids is 2. The third-order valence-corrected chi connectivity index (χ3v) is 4.82. The smallest absolute Gasteiger partial charge is 0.339 e. The summed E-state index contributed by atoms with van der Waals surface area (Å²) in [5.74, 6) is -2.99. The molecule has 0 saturated heterocycles. The van der Waals surface area contributed by atoms with Gasteiger partial charge in [-0.15, -0.1) is 0 Å². The molecule has 0 atom stereocenters. The van der Waals surface area contributed by atoms with Crippen molar-refractivity contribution >= 4 is 11.9 Å². The van der Waals surface area contributed by atoms with Gasteiger partial charge < -0.3 is 20.4 Å². The molecule has 6 heteroatoms. The van der Waals surface area contributed by atoms with Crippen LogP contribution in [0, 0.1) is 0 Å². The molecule has 0 aliphatic heterocycles. The molecule has 2 rings (SSSR count). The molecule has 0 heterocycles. The molecule has 0 saturated carbocycles. The molecule has 2 aromatic rings. The quantitative estimate of drug-likeness (QED) is 0.592. The Morgan fingerprint density at radius 2 is 1.00 bits per heavy atom. The molecule has 0 aliphatic carbocycles. The zero-order valence-electron chi connectivity index (χ0n) is 17.6. The molecular formula is C23H28O6. The van der Waals surface area contributed by atoms with E-state index in [-0.39, 0.29) is 29.0 Å². The van der Waals surface area contributed by atoms with Crippen LogP contribution < -0.4 is 0 Å². The molecule has 0 radical (unpaired) electrons. The van der Waals surface area contributed by atoms with Gasteiger partial charge in [0, 0.05) is 11.1 Å². The fourth-order valence-corrected chi connectivity index (χ4v) is 3.30. The van der Waals surface area contributed by atoms with Crippen LogP contribution in [0.3, 0.4) is 0 Å². The Hall–Kier alpha value is -3.02. The summed E-state index contributed by atoms with van der Waals surface area (Å²) in [5, 5.41) is 39.8. The molecule has 0 spiro atoms. The summed E-state index contributed by atoms with van der Waals surface area (Å²) in [4.78, 5) is 23.2. The highest BCUT2D eigenvalue weighted by Crippen LogP contribution is 2.37. The van der Waals surface area contributed by atoms with Crippen molar-refractivity contribution in [3.8, 4) is 11.5 Å². The number of hydrogen-bond acceptors (Lipinski definition) is 4. The SMILES string of the molecule is CC(C)(C)c1cc(Cc2cc(C(=O)O)c(O)c(C(C)(C)C)c2)cc(C(=O)O)c1O.